The Labute approximate surface area is 138 Å². The summed E-state index contributed by atoms with van der Waals surface area (Å²) in [5.41, 5.74) is -0.0462. The van der Waals surface area contributed by atoms with Crippen molar-refractivity contribution in [2.75, 3.05) is 19.8 Å². The van der Waals surface area contributed by atoms with Gasteiger partial charge in [-0.2, -0.15) is 0 Å². The van der Waals surface area contributed by atoms with E-state index in [2.05, 4.69) is 13.8 Å². The van der Waals surface area contributed by atoms with Crippen LogP contribution in [0.15, 0.2) is 0 Å². The number of hydrogen-bond acceptors (Lipinski definition) is 3. The van der Waals surface area contributed by atoms with Crippen LogP contribution in [0.2, 0.25) is 0 Å². The van der Waals surface area contributed by atoms with Gasteiger partial charge < -0.3 is 14.2 Å². The van der Waals surface area contributed by atoms with Gasteiger partial charge in [-0.1, -0.05) is 39.0 Å². The van der Waals surface area contributed by atoms with Crippen LogP contribution >= 0.6 is 0 Å². The van der Waals surface area contributed by atoms with Gasteiger partial charge in [-0.15, -0.1) is 0 Å². The van der Waals surface area contributed by atoms with Gasteiger partial charge in [0.15, 0.2) is 6.29 Å². The quantitative estimate of drug-likeness (QED) is 0.340. The van der Waals surface area contributed by atoms with E-state index in [9.17, 15) is 0 Å². The van der Waals surface area contributed by atoms with Crippen molar-refractivity contribution < 1.29 is 14.2 Å². The molecule has 0 aromatic carbocycles. The first-order valence-corrected chi connectivity index (χ1v) is 9.59. The van der Waals surface area contributed by atoms with Crippen LogP contribution in [0.25, 0.3) is 0 Å². The number of unbranched alkanes of at least 4 members (excludes halogenated alkanes) is 2. The van der Waals surface area contributed by atoms with E-state index in [4.69, 9.17) is 14.2 Å². The Bertz CT molecular complexity index is 257. The highest BCUT2D eigenvalue weighted by atomic mass is 16.7. The molecule has 1 aliphatic rings. The molecule has 0 aromatic rings. The molecular weight excluding hydrogens is 276 g/mol. The van der Waals surface area contributed by atoms with E-state index in [0.29, 0.717) is 19.1 Å². The minimum Gasteiger partial charge on any atom is -0.375 e. The summed E-state index contributed by atoms with van der Waals surface area (Å²) >= 11 is 0. The molecule has 0 amide bonds. The Kier molecular flexibility index (Phi) is 10.3. The van der Waals surface area contributed by atoms with Gasteiger partial charge in [0.25, 0.3) is 0 Å². The van der Waals surface area contributed by atoms with E-state index < -0.39 is 0 Å². The summed E-state index contributed by atoms with van der Waals surface area (Å²) in [5, 5.41) is 0. The maximum absolute atomic E-state index is 6.42. The fourth-order valence-electron chi connectivity index (χ4n) is 3.96. The van der Waals surface area contributed by atoms with Crippen molar-refractivity contribution in [3.8, 4) is 0 Å². The van der Waals surface area contributed by atoms with Crippen molar-refractivity contribution in [3.63, 3.8) is 0 Å². The molecule has 3 heteroatoms. The summed E-state index contributed by atoms with van der Waals surface area (Å²) in [6, 6.07) is 0. The maximum Gasteiger partial charge on any atom is 0.160 e. The summed E-state index contributed by atoms with van der Waals surface area (Å²) in [6.45, 7) is 10.7. The van der Waals surface area contributed by atoms with E-state index in [-0.39, 0.29) is 11.9 Å². The molecule has 1 rings (SSSR count). The Morgan fingerprint density at radius 1 is 0.909 bits per heavy atom. The van der Waals surface area contributed by atoms with Gasteiger partial charge >= 0.3 is 0 Å². The maximum atomic E-state index is 6.42. The lowest BCUT2D eigenvalue weighted by Gasteiger charge is -2.41. The van der Waals surface area contributed by atoms with Crippen molar-refractivity contribution >= 4 is 0 Å². The first kappa shape index (κ1) is 19.9. The average molecular weight is 315 g/mol. The molecule has 22 heavy (non-hydrogen) atoms. The predicted octanol–water partition coefficient (Wildman–Crippen LogP) is 5.32. The lowest BCUT2D eigenvalue weighted by atomic mass is 9.78. The van der Waals surface area contributed by atoms with Gasteiger partial charge in [0.05, 0.1) is 5.60 Å². The highest BCUT2D eigenvalue weighted by Gasteiger charge is 2.42. The normalized spacial score (nSPS) is 19.0. The van der Waals surface area contributed by atoms with E-state index in [1.54, 1.807) is 0 Å². The minimum atomic E-state index is -0.122. The fraction of sp³-hybridized carbons (Fsp3) is 1.00. The van der Waals surface area contributed by atoms with Crippen molar-refractivity contribution in [1.82, 2.24) is 0 Å². The van der Waals surface area contributed by atoms with Crippen molar-refractivity contribution in [3.05, 3.63) is 0 Å². The molecule has 1 saturated carbocycles. The number of ether oxygens (including phenoxy) is 3. The Morgan fingerprint density at radius 2 is 1.55 bits per heavy atom. The van der Waals surface area contributed by atoms with Crippen LogP contribution < -0.4 is 0 Å². The third-order valence-corrected chi connectivity index (χ3v) is 4.95. The molecule has 132 valence electrons. The molecule has 0 bridgehead atoms. The van der Waals surface area contributed by atoms with Crippen LogP contribution in [0.3, 0.4) is 0 Å². The van der Waals surface area contributed by atoms with Gasteiger partial charge in [0, 0.05) is 26.2 Å². The van der Waals surface area contributed by atoms with Crippen LogP contribution in [-0.2, 0) is 14.2 Å². The molecule has 1 fully saturated rings. The van der Waals surface area contributed by atoms with E-state index in [0.717, 1.165) is 19.4 Å². The van der Waals surface area contributed by atoms with Crippen LogP contribution in [0, 0.1) is 5.92 Å². The zero-order valence-electron chi connectivity index (χ0n) is 15.4. The smallest absolute Gasteiger partial charge is 0.160 e. The zero-order chi connectivity index (χ0) is 16.3. The molecule has 0 N–H and O–H groups in total. The molecule has 0 saturated heterocycles. The van der Waals surface area contributed by atoms with Crippen molar-refractivity contribution in [1.29, 1.82) is 0 Å². The van der Waals surface area contributed by atoms with Crippen LogP contribution in [0.1, 0.15) is 85.5 Å². The highest BCUT2D eigenvalue weighted by Crippen LogP contribution is 2.43. The molecule has 0 aromatic heterocycles. The molecule has 0 spiro atoms. The fourth-order valence-corrected chi connectivity index (χ4v) is 3.96. The van der Waals surface area contributed by atoms with Gasteiger partial charge in [0.2, 0.25) is 0 Å². The van der Waals surface area contributed by atoms with Gasteiger partial charge in [-0.3, -0.25) is 0 Å². The van der Waals surface area contributed by atoms with Crippen molar-refractivity contribution in [2.45, 2.75) is 97.4 Å². The predicted molar refractivity (Wildman–Crippen MR) is 92.1 cm³/mol. The van der Waals surface area contributed by atoms with E-state index >= 15 is 0 Å². The molecule has 0 radical (unpaired) electrons. The Morgan fingerprint density at radius 3 is 2.05 bits per heavy atom. The Balaban J connectivity index is 2.83. The third kappa shape index (κ3) is 6.17. The van der Waals surface area contributed by atoms with Crippen LogP contribution in [-0.4, -0.2) is 31.7 Å². The lowest BCUT2D eigenvalue weighted by molar-refractivity contribution is -0.194. The minimum absolute atomic E-state index is 0.0462. The first-order chi connectivity index (χ1) is 10.7. The first-order valence-electron chi connectivity index (χ1n) is 9.59. The second-order valence-electron chi connectivity index (χ2n) is 6.48. The molecule has 1 atom stereocenters. The molecule has 0 aliphatic heterocycles. The molecule has 1 unspecified atom stereocenters. The summed E-state index contributed by atoms with van der Waals surface area (Å²) in [7, 11) is 0. The second-order valence-corrected chi connectivity index (χ2v) is 6.48. The summed E-state index contributed by atoms with van der Waals surface area (Å²) in [5.74, 6) is 0.674. The van der Waals surface area contributed by atoms with Crippen LogP contribution in [0.4, 0.5) is 0 Å². The largest absolute Gasteiger partial charge is 0.375 e. The average Bonchev–Trinajstić information content (AvgIpc) is 3.03. The molecular formula is C19H38O3. The monoisotopic (exact) mass is 314 g/mol. The second kappa shape index (κ2) is 11.4. The van der Waals surface area contributed by atoms with Gasteiger partial charge in [0.1, 0.15) is 0 Å². The summed E-state index contributed by atoms with van der Waals surface area (Å²) < 4.78 is 18.1. The Hall–Kier alpha value is -0.120. The zero-order valence-corrected chi connectivity index (χ0v) is 15.4. The molecule has 0 heterocycles. The van der Waals surface area contributed by atoms with Gasteiger partial charge in [-0.25, -0.2) is 0 Å². The topological polar surface area (TPSA) is 27.7 Å². The number of rotatable bonds is 13. The van der Waals surface area contributed by atoms with E-state index in [1.807, 2.05) is 13.8 Å². The molecule has 3 nitrogen and oxygen atoms in total. The SMILES string of the molecule is CCCCCC(CC(OCC)OCC)(OCC)C1CCCC1. The van der Waals surface area contributed by atoms with E-state index in [1.165, 1.54) is 44.9 Å². The molecule has 1 aliphatic carbocycles. The third-order valence-electron chi connectivity index (χ3n) is 4.95. The highest BCUT2D eigenvalue weighted by molar-refractivity contribution is 4.92. The van der Waals surface area contributed by atoms with Gasteiger partial charge in [-0.05, 0) is 46.0 Å². The standard InChI is InChI=1S/C19H38O3/c1-5-9-12-15-19(22-8-4,17-13-10-11-14-17)16-18(20-6-2)21-7-3/h17-18H,5-16H2,1-4H3. The number of hydrogen-bond donors (Lipinski definition) is 0. The summed E-state index contributed by atoms with van der Waals surface area (Å²) in [6.07, 6.45) is 11.0. The van der Waals surface area contributed by atoms with Crippen molar-refractivity contribution in [2.24, 2.45) is 5.92 Å². The van der Waals surface area contributed by atoms with Crippen LogP contribution in [0.5, 0.6) is 0 Å². The summed E-state index contributed by atoms with van der Waals surface area (Å²) in [4.78, 5) is 0. The lowest BCUT2D eigenvalue weighted by Crippen LogP contribution is -2.44.